The van der Waals surface area contributed by atoms with Crippen LogP contribution in [0.1, 0.15) is 32.9 Å². The van der Waals surface area contributed by atoms with Crippen LogP contribution in [0, 0.1) is 0 Å². The Balaban J connectivity index is 2.87. The van der Waals surface area contributed by atoms with Gasteiger partial charge in [-0.15, -0.1) is 16.7 Å². The first-order valence-electron chi connectivity index (χ1n) is 5.13. The van der Waals surface area contributed by atoms with Crippen LogP contribution in [-0.4, -0.2) is 22.8 Å². The highest BCUT2D eigenvalue weighted by molar-refractivity contribution is 6.16. The first-order chi connectivity index (χ1) is 7.01. The largest absolute Gasteiger partial charge is 0.353 e. The average Bonchev–Trinajstić information content (AvgIpc) is 2.28. The van der Waals surface area contributed by atoms with Crippen molar-refractivity contribution in [2.24, 2.45) is 0 Å². The molecule has 0 bridgehead atoms. The van der Waals surface area contributed by atoms with Crippen LogP contribution in [0.15, 0.2) is 12.1 Å². The second-order valence-electron chi connectivity index (χ2n) is 4.24. The molecular formula is C11H18ClN3. The summed E-state index contributed by atoms with van der Waals surface area (Å²) in [5.41, 5.74) is 0.903. The van der Waals surface area contributed by atoms with Gasteiger partial charge in [-0.1, -0.05) is 6.92 Å². The zero-order valence-corrected chi connectivity index (χ0v) is 10.5. The first-order valence-corrected chi connectivity index (χ1v) is 5.67. The fraction of sp³-hybridized carbons (Fsp3) is 0.636. The van der Waals surface area contributed by atoms with Gasteiger partial charge in [-0.25, -0.2) is 0 Å². The van der Waals surface area contributed by atoms with E-state index >= 15 is 0 Å². The molecule has 0 radical (unpaired) electrons. The second-order valence-corrected chi connectivity index (χ2v) is 4.51. The minimum absolute atomic E-state index is 0.0944. The molecule has 0 unspecified atom stereocenters. The predicted octanol–water partition coefficient (Wildman–Crippen LogP) is 2.84. The second kappa shape index (κ2) is 4.79. The lowest BCUT2D eigenvalue weighted by molar-refractivity contribution is 0.465. The summed E-state index contributed by atoms with van der Waals surface area (Å²) in [5, 5.41) is 8.20. The highest BCUT2D eigenvalue weighted by Crippen LogP contribution is 2.22. The highest BCUT2D eigenvalue weighted by Gasteiger charge is 2.22. The van der Waals surface area contributed by atoms with E-state index in [9.17, 15) is 0 Å². The van der Waals surface area contributed by atoms with Gasteiger partial charge in [0.15, 0.2) is 5.82 Å². The van der Waals surface area contributed by atoms with Gasteiger partial charge in [-0.05, 0) is 32.4 Å². The predicted molar refractivity (Wildman–Crippen MR) is 64.4 cm³/mol. The van der Waals surface area contributed by atoms with Gasteiger partial charge >= 0.3 is 0 Å². The number of nitrogens with zero attached hydrogens (tertiary/aromatic N) is 3. The van der Waals surface area contributed by atoms with Crippen molar-refractivity contribution in [3.63, 3.8) is 0 Å². The fourth-order valence-electron chi connectivity index (χ4n) is 1.15. The van der Waals surface area contributed by atoms with Gasteiger partial charge < -0.3 is 4.90 Å². The van der Waals surface area contributed by atoms with Crippen molar-refractivity contribution in [1.29, 1.82) is 0 Å². The molecule has 0 spiro atoms. The van der Waals surface area contributed by atoms with Crippen LogP contribution in [0.3, 0.4) is 0 Å². The SMILES string of the molecule is CCC(C)(C)N(C)c1ccc(CCl)nn1. The molecule has 1 heterocycles. The zero-order valence-electron chi connectivity index (χ0n) is 9.79. The Morgan fingerprint density at radius 1 is 1.33 bits per heavy atom. The van der Waals surface area contributed by atoms with Crippen LogP contribution < -0.4 is 4.90 Å². The van der Waals surface area contributed by atoms with Crippen molar-refractivity contribution in [1.82, 2.24) is 10.2 Å². The van der Waals surface area contributed by atoms with Gasteiger partial charge in [0.1, 0.15) is 0 Å². The normalized spacial score (nSPS) is 11.5. The van der Waals surface area contributed by atoms with Gasteiger partial charge in [-0.3, -0.25) is 0 Å². The summed E-state index contributed by atoms with van der Waals surface area (Å²) >= 11 is 5.66. The summed E-state index contributed by atoms with van der Waals surface area (Å²) in [4.78, 5) is 2.14. The smallest absolute Gasteiger partial charge is 0.151 e. The van der Waals surface area contributed by atoms with E-state index in [1.165, 1.54) is 0 Å². The molecule has 0 N–H and O–H groups in total. The van der Waals surface area contributed by atoms with Gasteiger partial charge in [0.2, 0.25) is 0 Å². The summed E-state index contributed by atoms with van der Waals surface area (Å²) in [6.45, 7) is 6.53. The molecule has 0 aromatic carbocycles. The molecule has 0 atom stereocenters. The summed E-state index contributed by atoms with van der Waals surface area (Å²) in [6, 6.07) is 3.87. The molecule has 0 fully saturated rings. The lowest BCUT2D eigenvalue weighted by Crippen LogP contribution is -2.41. The van der Waals surface area contributed by atoms with Crippen LogP contribution in [0.2, 0.25) is 0 Å². The molecule has 1 rings (SSSR count). The number of anilines is 1. The average molecular weight is 228 g/mol. The fourth-order valence-corrected chi connectivity index (χ4v) is 1.29. The molecule has 15 heavy (non-hydrogen) atoms. The van der Waals surface area contributed by atoms with E-state index in [1.54, 1.807) is 0 Å². The molecule has 0 aliphatic carbocycles. The van der Waals surface area contributed by atoms with Crippen LogP contribution in [0.25, 0.3) is 0 Å². The van der Waals surface area contributed by atoms with E-state index < -0.39 is 0 Å². The quantitative estimate of drug-likeness (QED) is 0.741. The first kappa shape index (κ1) is 12.2. The highest BCUT2D eigenvalue weighted by atomic mass is 35.5. The van der Waals surface area contributed by atoms with E-state index in [-0.39, 0.29) is 5.54 Å². The van der Waals surface area contributed by atoms with Crippen molar-refractivity contribution in [3.05, 3.63) is 17.8 Å². The molecule has 0 aliphatic rings. The van der Waals surface area contributed by atoms with Crippen LogP contribution in [0.4, 0.5) is 5.82 Å². The molecule has 1 aromatic heterocycles. The molecule has 0 saturated carbocycles. The van der Waals surface area contributed by atoms with E-state index in [1.807, 2.05) is 19.2 Å². The maximum absolute atomic E-state index is 5.66. The van der Waals surface area contributed by atoms with Crippen LogP contribution >= 0.6 is 11.6 Å². The summed E-state index contributed by atoms with van der Waals surface area (Å²) in [7, 11) is 2.04. The van der Waals surface area contributed by atoms with Crippen molar-refractivity contribution >= 4 is 17.4 Å². The summed E-state index contributed by atoms with van der Waals surface area (Å²) in [6.07, 6.45) is 1.06. The number of alkyl halides is 1. The molecule has 1 aromatic rings. The lowest BCUT2D eigenvalue weighted by atomic mass is 10.0. The number of aromatic nitrogens is 2. The third-order valence-electron chi connectivity index (χ3n) is 2.96. The Bertz CT molecular complexity index is 308. The molecule has 3 nitrogen and oxygen atoms in total. The van der Waals surface area contributed by atoms with Crippen molar-refractivity contribution in [2.75, 3.05) is 11.9 Å². The van der Waals surface area contributed by atoms with Gasteiger partial charge in [0.05, 0.1) is 11.6 Å². The molecule has 4 heteroatoms. The van der Waals surface area contributed by atoms with E-state index in [0.29, 0.717) is 5.88 Å². The topological polar surface area (TPSA) is 29.0 Å². The monoisotopic (exact) mass is 227 g/mol. The van der Waals surface area contributed by atoms with E-state index in [2.05, 4.69) is 35.9 Å². The number of rotatable bonds is 4. The molecule has 0 saturated heterocycles. The van der Waals surface area contributed by atoms with Crippen molar-refractivity contribution < 1.29 is 0 Å². The Kier molecular flexibility index (Phi) is 3.91. The Labute approximate surface area is 96.5 Å². The number of hydrogen-bond donors (Lipinski definition) is 0. The molecule has 0 aliphatic heterocycles. The van der Waals surface area contributed by atoms with Crippen LogP contribution in [0.5, 0.6) is 0 Å². The lowest BCUT2D eigenvalue weighted by Gasteiger charge is -2.35. The van der Waals surface area contributed by atoms with E-state index in [4.69, 9.17) is 11.6 Å². The number of hydrogen-bond acceptors (Lipinski definition) is 3. The molecule has 84 valence electrons. The number of halogens is 1. The summed E-state index contributed by atoms with van der Waals surface area (Å²) in [5.74, 6) is 1.30. The minimum Gasteiger partial charge on any atom is -0.353 e. The Morgan fingerprint density at radius 3 is 2.40 bits per heavy atom. The van der Waals surface area contributed by atoms with Crippen molar-refractivity contribution in [2.45, 2.75) is 38.6 Å². The van der Waals surface area contributed by atoms with Gasteiger partial charge in [0, 0.05) is 12.6 Å². The minimum atomic E-state index is 0.0944. The van der Waals surface area contributed by atoms with Gasteiger partial charge in [-0.2, -0.15) is 5.10 Å². The third-order valence-corrected chi connectivity index (χ3v) is 3.23. The standard InChI is InChI=1S/C11H18ClN3/c1-5-11(2,3)15(4)10-7-6-9(8-12)13-14-10/h6-7H,5,8H2,1-4H3. The Hall–Kier alpha value is -0.830. The van der Waals surface area contributed by atoms with Gasteiger partial charge in [0.25, 0.3) is 0 Å². The maximum atomic E-state index is 5.66. The zero-order chi connectivity index (χ0) is 11.5. The van der Waals surface area contributed by atoms with Crippen molar-refractivity contribution in [3.8, 4) is 0 Å². The molecular weight excluding hydrogens is 210 g/mol. The summed E-state index contributed by atoms with van der Waals surface area (Å²) < 4.78 is 0. The van der Waals surface area contributed by atoms with Crippen LogP contribution in [-0.2, 0) is 5.88 Å². The maximum Gasteiger partial charge on any atom is 0.151 e. The molecule has 0 amide bonds. The Morgan fingerprint density at radius 2 is 2.00 bits per heavy atom. The third kappa shape index (κ3) is 2.81. The van der Waals surface area contributed by atoms with E-state index in [0.717, 1.165) is 17.9 Å².